The fourth-order valence-electron chi connectivity index (χ4n) is 2.53. The van der Waals surface area contributed by atoms with E-state index in [9.17, 15) is 4.79 Å². The van der Waals surface area contributed by atoms with Gasteiger partial charge in [0.15, 0.2) is 5.96 Å². The zero-order valence-electron chi connectivity index (χ0n) is 16.7. The Morgan fingerprint density at radius 3 is 2.42 bits per heavy atom. The first-order valence-corrected chi connectivity index (χ1v) is 9.57. The maximum atomic E-state index is 12.3. The number of unbranched alkanes of at least 4 members (excludes halogenated alkanes) is 1. The number of benzene rings is 1. The number of likely N-dealkylation sites (N-methyl/N-ethyl adjacent to an activating group) is 2. The van der Waals surface area contributed by atoms with Gasteiger partial charge in [0.1, 0.15) is 5.75 Å². The highest BCUT2D eigenvalue weighted by Gasteiger charge is 2.14. The summed E-state index contributed by atoms with van der Waals surface area (Å²) in [5.41, 5.74) is 0. The molecular formula is C20H34N4O2. The molecule has 26 heavy (non-hydrogen) atoms. The van der Waals surface area contributed by atoms with E-state index in [2.05, 4.69) is 10.3 Å². The van der Waals surface area contributed by atoms with E-state index in [0.29, 0.717) is 19.7 Å². The Morgan fingerprint density at radius 2 is 1.81 bits per heavy atom. The van der Waals surface area contributed by atoms with Crippen LogP contribution in [0.15, 0.2) is 35.3 Å². The van der Waals surface area contributed by atoms with Crippen molar-refractivity contribution in [2.45, 2.75) is 33.6 Å². The zero-order chi connectivity index (χ0) is 19.2. The summed E-state index contributed by atoms with van der Waals surface area (Å²) in [7, 11) is 1.90. The Bertz CT molecular complexity index is 530. The number of hydrogen-bond donors (Lipinski definition) is 1. The van der Waals surface area contributed by atoms with Crippen LogP contribution in [0.2, 0.25) is 0 Å². The average molecular weight is 363 g/mol. The molecular weight excluding hydrogens is 328 g/mol. The van der Waals surface area contributed by atoms with Crippen molar-refractivity contribution in [3.8, 4) is 5.75 Å². The number of nitrogens with zero attached hydrogens (tertiary/aromatic N) is 3. The molecule has 0 saturated heterocycles. The maximum Gasteiger partial charge on any atom is 0.242 e. The van der Waals surface area contributed by atoms with Crippen LogP contribution < -0.4 is 10.1 Å². The molecule has 1 aromatic rings. The minimum Gasteiger partial charge on any atom is -0.494 e. The molecule has 146 valence electrons. The predicted molar refractivity (Wildman–Crippen MR) is 108 cm³/mol. The molecule has 0 bridgehead atoms. The molecule has 0 saturated carbocycles. The van der Waals surface area contributed by atoms with E-state index in [0.717, 1.165) is 44.2 Å². The van der Waals surface area contributed by atoms with Crippen molar-refractivity contribution in [3.05, 3.63) is 30.3 Å². The van der Waals surface area contributed by atoms with Gasteiger partial charge in [0.25, 0.3) is 0 Å². The molecule has 1 rings (SSSR count). The minimum atomic E-state index is 0.124. The molecule has 0 fully saturated rings. The summed E-state index contributed by atoms with van der Waals surface area (Å²) in [5.74, 6) is 1.80. The fourth-order valence-corrected chi connectivity index (χ4v) is 2.53. The number of aliphatic imine (C=N–C) groups is 1. The molecule has 0 aromatic heterocycles. The highest BCUT2D eigenvalue weighted by atomic mass is 16.5. The van der Waals surface area contributed by atoms with Crippen molar-refractivity contribution in [1.29, 1.82) is 0 Å². The second-order valence-corrected chi connectivity index (χ2v) is 6.03. The number of para-hydroxylation sites is 1. The molecule has 0 spiro atoms. The summed E-state index contributed by atoms with van der Waals surface area (Å²) in [6, 6.07) is 9.84. The van der Waals surface area contributed by atoms with Gasteiger partial charge in [-0.1, -0.05) is 18.2 Å². The molecule has 1 N–H and O–H groups in total. The Kier molecular flexibility index (Phi) is 10.9. The first-order chi connectivity index (χ1) is 12.6. The lowest BCUT2D eigenvalue weighted by atomic mass is 10.3. The number of hydrogen-bond acceptors (Lipinski definition) is 3. The van der Waals surface area contributed by atoms with Gasteiger partial charge < -0.3 is 19.9 Å². The molecule has 6 heteroatoms. The highest BCUT2D eigenvalue weighted by molar-refractivity contribution is 5.86. The van der Waals surface area contributed by atoms with Crippen LogP contribution in [0.1, 0.15) is 33.6 Å². The number of ether oxygens (including phenoxy) is 1. The average Bonchev–Trinajstić information content (AvgIpc) is 2.65. The number of carbonyl (C=O) groups is 1. The molecule has 1 aromatic carbocycles. The van der Waals surface area contributed by atoms with Gasteiger partial charge in [-0.05, 0) is 45.7 Å². The molecule has 0 aliphatic heterocycles. The quantitative estimate of drug-likeness (QED) is 0.373. The van der Waals surface area contributed by atoms with E-state index in [1.54, 1.807) is 0 Å². The first-order valence-electron chi connectivity index (χ1n) is 9.57. The van der Waals surface area contributed by atoms with Gasteiger partial charge in [-0.3, -0.25) is 9.79 Å². The molecule has 0 atom stereocenters. The van der Waals surface area contributed by atoms with Crippen LogP contribution in [-0.4, -0.2) is 68.0 Å². The van der Waals surface area contributed by atoms with Crippen molar-refractivity contribution >= 4 is 11.9 Å². The van der Waals surface area contributed by atoms with Gasteiger partial charge in [0.05, 0.1) is 13.2 Å². The monoisotopic (exact) mass is 362 g/mol. The highest BCUT2D eigenvalue weighted by Crippen LogP contribution is 2.08. The summed E-state index contributed by atoms with van der Waals surface area (Å²) < 4.78 is 5.69. The lowest BCUT2D eigenvalue weighted by Gasteiger charge is -2.25. The molecule has 0 radical (unpaired) electrons. The topological polar surface area (TPSA) is 57.2 Å². The molecule has 0 aliphatic rings. The van der Waals surface area contributed by atoms with Gasteiger partial charge in [-0.2, -0.15) is 0 Å². The third kappa shape index (κ3) is 8.23. The Hall–Kier alpha value is -2.24. The third-order valence-electron chi connectivity index (χ3n) is 4.01. The van der Waals surface area contributed by atoms with E-state index in [4.69, 9.17) is 4.74 Å². The van der Waals surface area contributed by atoms with E-state index in [1.165, 1.54) is 0 Å². The zero-order valence-corrected chi connectivity index (χ0v) is 16.7. The molecule has 0 unspecified atom stereocenters. The lowest BCUT2D eigenvalue weighted by Crippen LogP contribution is -2.45. The van der Waals surface area contributed by atoms with Crippen LogP contribution >= 0.6 is 0 Å². The standard InChI is InChI=1S/C20H34N4O2/c1-5-21-20(23(4)17-19(25)24(6-2)7-3)22-15-11-12-16-26-18-13-9-8-10-14-18/h8-10,13-14H,5-7,11-12,15-17H2,1-4H3,(H,21,22). The molecule has 0 aliphatic carbocycles. The van der Waals surface area contributed by atoms with Gasteiger partial charge in [-0.25, -0.2) is 0 Å². The fraction of sp³-hybridized carbons (Fsp3) is 0.600. The molecule has 0 heterocycles. The second kappa shape index (κ2) is 13.0. The van der Waals surface area contributed by atoms with E-state index in [1.807, 2.05) is 68.0 Å². The van der Waals surface area contributed by atoms with Crippen LogP contribution in [0.3, 0.4) is 0 Å². The van der Waals surface area contributed by atoms with Crippen molar-refractivity contribution < 1.29 is 9.53 Å². The van der Waals surface area contributed by atoms with Crippen molar-refractivity contribution in [1.82, 2.24) is 15.1 Å². The summed E-state index contributed by atoms with van der Waals surface area (Å²) in [6.07, 6.45) is 1.89. The van der Waals surface area contributed by atoms with Crippen LogP contribution in [0.4, 0.5) is 0 Å². The van der Waals surface area contributed by atoms with Gasteiger partial charge in [-0.15, -0.1) is 0 Å². The first kappa shape index (κ1) is 21.8. The summed E-state index contributed by atoms with van der Waals surface area (Å²) >= 11 is 0. The van der Waals surface area contributed by atoms with Crippen LogP contribution in [0.5, 0.6) is 5.75 Å². The smallest absolute Gasteiger partial charge is 0.242 e. The van der Waals surface area contributed by atoms with Crippen LogP contribution in [0.25, 0.3) is 0 Å². The number of amides is 1. The summed E-state index contributed by atoms with van der Waals surface area (Å²) in [6.45, 7) is 10.0. The number of guanidine groups is 1. The van der Waals surface area contributed by atoms with E-state index < -0.39 is 0 Å². The van der Waals surface area contributed by atoms with Gasteiger partial charge >= 0.3 is 0 Å². The van der Waals surface area contributed by atoms with Crippen molar-refractivity contribution in [2.24, 2.45) is 4.99 Å². The van der Waals surface area contributed by atoms with Crippen LogP contribution in [0, 0.1) is 0 Å². The van der Waals surface area contributed by atoms with E-state index >= 15 is 0 Å². The Balaban J connectivity index is 2.38. The molecule has 6 nitrogen and oxygen atoms in total. The largest absolute Gasteiger partial charge is 0.494 e. The Morgan fingerprint density at radius 1 is 1.12 bits per heavy atom. The predicted octanol–water partition coefficient (Wildman–Crippen LogP) is 2.61. The lowest BCUT2D eigenvalue weighted by molar-refractivity contribution is -0.131. The Labute approximate surface area is 158 Å². The maximum absolute atomic E-state index is 12.3. The van der Waals surface area contributed by atoms with E-state index in [-0.39, 0.29) is 5.91 Å². The molecule has 1 amide bonds. The van der Waals surface area contributed by atoms with Crippen molar-refractivity contribution in [3.63, 3.8) is 0 Å². The van der Waals surface area contributed by atoms with Gasteiger partial charge in [0, 0.05) is 33.2 Å². The normalized spacial score (nSPS) is 11.2. The number of nitrogens with one attached hydrogen (secondary N) is 1. The van der Waals surface area contributed by atoms with Crippen molar-refractivity contribution in [2.75, 3.05) is 46.4 Å². The number of rotatable bonds is 11. The summed E-state index contributed by atoms with van der Waals surface area (Å²) in [5, 5.41) is 3.25. The van der Waals surface area contributed by atoms with Crippen LogP contribution in [-0.2, 0) is 4.79 Å². The number of carbonyl (C=O) groups excluding carboxylic acids is 1. The summed E-state index contributed by atoms with van der Waals surface area (Å²) in [4.78, 5) is 20.6. The second-order valence-electron chi connectivity index (χ2n) is 6.03. The minimum absolute atomic E-state index is 0.124. The van der Waals surface area contributed by atoms with Gasteiger partial charge in [0.2, 0.25) is 5.91 Å². The third-order valence-corrected chi connectivity index (χ3v) is 4.01. The SMILES string of the molecule is CCNC(=NCCCCOc1ccccc1)N(C)CC(=O)N(CC)CC.